The highest BCUT2D eigenvalue weighted by Gasteiger charge is 2.29. The van der Waals surface area contributed by atoms with Crippen LogP contribution in [0.25, 0.3) is 22.3 Å². The van der Waals surface area contributed by atoms with E-state index < -0.39 is 0 Å². The third-order valence-electron chi connectivity index (χ3n) is 5.18. The van der Waals surface area contributed by atoms with Gasteiger partial charge in [0.25, 0.3) is 5.91 Å². The lowest BCUT2D eigenvalue weighted by atomic mass is 10.0. The number of para-hydroxylation sites is 1. The van der Waals surface area contributed by atoms with E-state index in [2.05, 4.69) is 0 Å². The lowest BCUT2D eigenvalue weighted by molar-refractivity contribution is 0.0725. The van der Waals surface area contributed by atoms with Gasteiger partial charge in [0, 0.05) is 31.3 Å². The van der Waals surface area contributed by atoms with Gasteiger partial charge in [-0.2, -0.15) is 0 Å². The molecule has 1 saturated heterocycles. The van der Waals surface area contributed by atoms with Gasteiger partial charge in [0.05, 0.1) is 17.1 Å². The molecule has 27 heavy (non-hydrogen) atoms. The van der Waals surface area contributed by atoms with Gasteiger partial charge in [-0.1, -0.05) is 36.4 Å². The third-order valence-corrected chi connectivity index (χ3v) is 5.18. The van der Waals surface area contributed by atoms with Crippen LogP contribution < -0.4 is 5.43 Å². The molecule has 1 aliphatic rings. The largest absolute Gasteiger partial charge is 0.455 e. The molecule has 1 amide bonds. The molecule has 2 heterocycles. The summed E-state index contributed by atoms with van der Waals surface area (Å²) in [6.07, 6.45) is 0.865. The van der Waals surface area contributed by atoms with E-state index in [9.17, 15) is 9.59 Å². The number of benzene rings is 2. The summed E-state index contributed by atoms with van der Waals surface area (Å²) in [5.41, 5.74) is 2.01. The Morgan fingerprint density at radius 1 is 1.15 bits per heavy atom. The van der Waals surface area contributed by atoms with Crippen molar-refractivity contribution in [2.45, 2.75) is 19.4 Å². The molecule has 0 N–H and O–H groups in total. The Hall–Kier alpha value is -2.92. The molecule has 0 aliphatic carbocycles. The zero-order chi connectivity index (χ0) is 19.0. The van der Waals surface area contributed by atoms with Crippen molar-refractivity contribution < 1.29 is 13.9 Å². The van der Waals surface area contributed by atoms with Gasteiger partial charge in [-0.25, -0.2) is 0 Å². The van der Waals surface area contributed by atoms with Crippen LogP contribution in [-0.2, 0) is 4.74 Å². The van der Waals surface area contributed by atoms with Crippen LogP contribution in [0, 0.1) is 6.92 Å². The highest BCUT2D eigenvalue weighted by molar-refractivity contribution is 6.05. The van der Waals surface area contributed by atoms with E-state index in [-0.39, 0.29) is 17.4 Å². The Bertz CT molecular complexity index is 1060. The molecule has 1 fully saturated rings. The smallest absolute Gasteiger partial charge is 0.257 e. The number of rotatable bonds is 3. The van der Waals surface area contributed by atoms with Gasteiger partial charge >= 0.3 is 0 Å². The molecule has 3 aromatic rings. The molecule has 5 heteroatoms. The van der Waals surface area contributed by atoms with Gasteiger partial charge in [0.15, 0.2) is 11.0 Å². The van der Waals surface area contributed by atoms with Crippen molar-refractivity contribution in [1.29, 1.82) is 0 Å². The van der Waals surface area contributed by atoms with Crippen LogP contribution in [0.1, 0.15) is 22.3 Å². The number of nitrogens with zero attached hydrogens (tertiary/aromatic N) is 1. The van der Waals surface area contributed by atoms with Crippen LogP contribution in [0.15, 0.2) is 57.7 Å². The first-order valence-corrected chi connectivity index (χ1v) is 9.04. The monoisotopic (exact) mass is 363 g/mol. The van der Waals surface area contributed by atoms with E-state index in [1.54, 1.807) is 37.1 Å². The van der Waals surface area contributed by atoms with Crippen LogP contribution in [0.3, 0.4) is 0 Å². The SMILES string of the molecule is CO[C@H]1CCN(C(=O)c2cccc3c(=O)c(C)c(-c4ccccc4)oc23)C1. The van der Waals surface area contributed by atoms with E-state index >= 15 is 0 Å². The first kappa shape index (κ1) is 17.5. The predicted molar refractivity (Wildman–Crippen MR) is 104 cm³/mol. The van der Waals surface area contributed by atoms with Gasteiger partial charge < -0.3 is 14.1 Å². The summed E-state index contributed by atoms with van der Waals surface area (Å²) in [5.74, 6) is 0.371. The molecule has 2 aromatic carbocycles. The summed E-state index contributed by atoms with van der Waals surface area (Å²) < 4.78 is 11.5. The van der Waals surface area contributed by atoms with Gasteiger partial charge in [-0.3, -0.25) is 9.59 Å². The quantitative estimate of drug-likeness (QED) is 0.713. The summed E-state index contributed by atoms with van der Waals surface area (Å²) in [6, 6.07) is 14.6. The van der Waals surface area contributed by atoms with Crippen molar-refractivity contribution in [3.05, 3.63) is 69.9 Å². The lowest BCUT2D eigenvalue weighted by Gasteiger charge is -2.17. The molecule has 138 valence electrons. The molecular weight excluding hydrogens is 342 g/mol. The highest BCUT2D eigenvalue weighted by atomic mass is 16.5. The maximum absolute atomic E-state index is 13.1. The normalized spacial score (nSPS) is 16.8. The first-order valence-electron chi connectivity index (χ1n) is 9.04. The topological polar surface area (TPSA) is 59.8 Å². The number of hydrogen-bond donors (Lipinski definition) is 0. The summed E-state index contributed by atoms with van der Waals surface area (Å²) >= 11 is 0. The van der Waals surface area contributed by atoms with Gasteiger partial charge in [-0.05, 0) is 25.5 Å². The molecular formula is C22H21NO4. The standard InChI is InChI=1S/C22H21NO4/c1-14-19(24)17-9-6-10-18(22(25)23-12-11-16(13-23)26-2)21(17)27-20(14)15-7-4-3-5-8-15/h3-10,16H,11-13H2,1-2H3/t16-/m0/s1. The fraction of sp³-hybridized carbons (Fsp3) is 0.273. The molecule has 0 saturated carbocycles. The van der Waals surface area contributed by atoms with Gasteiger partial charge in [-0.15, -0.1) is 0 Å². The Morgan fingerprint density at radius 2 is 1.93 bits per heavy atom. The summed E-state index contributed by atoms with van der Waals surface area (Å²) in [6.45, 7) is 2.94. The number of likely N-dealkylation sites (tertiary alicyclic amines) is 1. The summed E-state index contributed by atoms with van der Waals surface area (Å²) in [4.78, 5) is 27.7. The molecule has 0 bridgehead atoms. The number of hydrogen-bond acceptors (Lipinski definition) is 4. The maximum atomic E-state index is 13.1. The number of carbonyl (C=O) groups is 1. The van der Waals surface area contributed by atoms with Crippen LogP contribution in [0.4, 0.5) is 0 Å². The van der Waals surface area contributed by atoms with Crippen molar-refractivity contribution in [3.63, 3.8) is 0 Å². The second-order valence-electron chi connectivity index (χ2n) is 6.83. The van der Waals surface area contributed by atoms with Gasteiger partial charge in [0.2, 0.25) is 0 Å². The molecule has 0 spiro atoms. The molecule has 5 nitrogen and oxygen atoms in total. The minimum Gasteiger partial charge on any atom is -0.455 e. The zero-order valence-electron chi connectivity index (χ0n) is 15.4. The van der Waals surface area contributed by atoms with Crippen LogP contribution in [-0.4, -0.2) is 37.1 Å². The van der Waals surface area contributed by atoms with Gasteiger partial charge in [0.1, 0.15) is 5.76 Å². The zero-order valence-corrected chi connectivity index (χ0v) is 15.4. The second kappa shape index (κ2) is 7.00. The first-order chi connectivity index (χ1) is 13.1. The van der Waals surface area contributed by atoms with Crippen molar-refractivity contribution in [1.82, 2.24) is 4.90 Å². The Labute approximate surface area is 157 Å². The Balaban J connectivity index is 1.86. The molecule has 1 aliphatic heterocycles. The average Bonchev–Trinajstić information content (AvgIpc) is 3.19. The van der Waals surface area contributed by atoms with E-state index in [1.807, 2.05) is 30.3 Å². The minimum absolute atomic E-state index is 0.0538. The number of amides is 1. The number of fused-ring (bicyclic) bond motifs is 1. The molecule has 4 rings (SSSR count). The number of methoxy groups -OCH3 is 1. The Morgan fingerprint density at radius 3 is 2.63 bits per heavy atom. The summed E-state index contributed by atoms with van der Waals surface area (Å²) in [5, 5.41) is 0.431. The van der Waals surface area contributed by atoms with E-state index in [0.717, 1.165) is 12.0 Å². The van der Waals surface area contributed by atoms with Crippen molar-refractivity contribution in [2.24, 2.45) is 0 Å². The van der Waals surface area contributed by atoms with Crippen LogP contribution in [0.2, 0.25) is 0 Å². The minimum atomic E-state index is -0.133. The summed E-state index contributed by atoms with van der Waals surface area (Å²) in [7, 11) is 1.66. The fourth-order valence-corrected chi connectivity index (χ4v) is 3.62. The fourth-order valence-electron chi connectivity index (χ4n) is 3.62. The van der Waals surface area contributed by atoms with Crippen molar-refractivity contribution in [3.8, 4) is 11.3 Å². The highest BCUT2D eigenvalue weighted by Crippen LogP contribution is 2.28. The van der Waals surface area contributed by atoms with E-state index in [0.29, 0.717) is 40.9 Å². The van der Waals surface area contributed by atoms with E-state index in [4.69, 9.17) is 9.15 Å². The van der Waals surface area contributed by atoms with Crippen molar-refractivity contribution in [2.75, 3.05) is 20.2 Å². The van der Waals surface area contributed by atoms with Crippen LogP contribution in [0.5, 0.6) is 0 Å². The average molecular weight is 363 g/mol. The molecule has 1 aromatic heterocycles. The second-order valence-corrected chi connectivity index (χ2v) is 6.83. The molecule has 1 atom stereocenters. The maximum Gasteiger partial charge on any atom is 0.257 e. The van der Waals surface area contributed by atoms with E-state index in [1.165, 1.54) is 0 Å². The predicted octanol–water partition coefficient (Wildman–Crippen LogP) is 3.63. The molecule has 0 unspecified atom stereocenters. The van der Waals surface area contributed by atoms with Crippen molar-refractivity contribution >= 4 is 16.9 Å². The number of ether oxygens (including phenoxy) is 1. The van der Waals surface area contributed by atoms with Crippen LogP contribution >= 0.6 is 0 Å². The third kappa shape index (κ3) is 3.04. The lowest BCUT2D eigenvalue weighted by Crippen LogP contribution is -2.30. The molecule has 0 radical (unpaired) electrons. The Kier molecular flexibility index (Phi) is 4.54. The number of carbonyl (C=O) groups excluding carboxylic acids is 1.